The standard InChI is InChI=1S/C10H10F3NO/c1-14-4-6(5-14)15-10-8(12)3-2-7(11)9(10)13/h2-3,6H,4-5H2,1H3/i1D3. The first kappa shape index (κ1) is 7.11. The summed E-state index contributed by atoms with van der Waals surface area (Å²) in [7, 11) is 0. The highest BCUT2D eigenvalue weighted by Crippen LogP contribution is 2.26. The van der Waals surface area contributed by atoms with E-state index in [9.17, 15) is 13.2 Å². The number of benzene rings is 1. The van der Waals surface area contributed by atoms with Crippen LogP contribution < -0.4 is 4.74 Å². The van der Waals surface area contributed by atoms with Crippen LogP contribution in [-0.2, 0) is 0 Å². The molecule has 0 bridgehead atoms. The molecular weight excluding hydrogens is 207 g/mol. The van der Waals surface area contributed by atoms with E-state index in [1.54, 1.807) is 0 Å². The molecule has 82 valence electrons. The summed E-state index contributed by atoms with van der Waals surface area (Å²) in [5.74, 6) is -4.42. The van der Waals surface area contributed by atoms with Gasteiger partial charge in [0.25, 0.3) is 0 Å². The molecule has 2 rings (SSSR count). The average molecular weight is 220 g/mol. The predicted octanol–water partition coefficient (Wildman–Crippen LogP) is 1.80. The highest BCUT2D eigenvalue weighted by atomic mass is 19.2. The molecule has 0 aliphatic carbocycles. The molecule has 1 aliphatic rings. The number of hydrogen-bond acceptors (Lipinski definition) is 2. The first-order valence-electron chi connectivity index (χ1n) is 5.84. The van der Waals surface area contributed by atoms with Crippen LogP contribution in [0.25, 0.3) is 0 Å². The van der Waals surface area contributed by atoms with Gasteiger partial charge in [-0.15, -0.1) is 0 Å². The summed E-state index contributed by atoms with van der Waals surface area (Å²) in [6.45, 7) is -2.21. The second-order valence-corrected chi connectivity index (χ2v) is 3.32. The Morgan fingerprint density at radius 1 is 1.33 bits per heavy atom. The minimum absolute atomic E-state index is 0.0197. The maximum Gasteiger partial charge on any atom is 0.203 e. The van der Waals surface area contributed by atoms with Crippen molar-refractivity contribution in [2.75, 3.05) is 20.1 Å². The van der Waals surface area contributed by atoms with Gasteiger partial charge in [-0.05, 0) is 19.1 Å². The number of halogens is 3. The Morgan fingerprint density at radius 2 is 2.00 bits per heavy atom. The number of hydrogen-bond donors (Lipinski definition) is 0. The molecule has 0 aromatic heterocycles. The summed E-state index contributed by atoms with van der Waals surface area (Å²) < 4.78 is 65.5. The Kier molecular flexibility index (Phi) is 1.77. The van der Waals surface area contributed by atoms with E-state index < -0.39 is 36.3 Å². The van der Waals surface area contributed by atoms with Crippen molar-refractivity contribution in [1.29, 1.82) is 0 Å². The summed E-state index contributed by atoms with van der Waals surface area (Å²) in [4.78, 5) is 1.12. The summed E-state index contributed by atoms with van der Waals surface area (Å²) in [6, 6.07) is 1.42. The Bertz CT molecular complexity index is 460. The first-order chi connectivity index (χ1) is 8.29. The zero-order valence-electron chi connectivity index (χ0n) is 10.6. The number of nitrogens with zero attached hydrogens (tertiary/aromatic N) is 1. The van der Waals surface area contributed by atoms with Gasteiger partial charge in [0.2, 0.25) is 5.82 Å². The van der Waals surface area contributed by atoms with E-state index in [-0.39, 0.29) is 13.1 Å². The molecule has 0 radical (unpaired) electrons. The Hall–Kier alpha value is -1.23. The highest BCUT2D eigenvalue weighted by Gasteiger charge is 2.27. The molecule has 1 heterocycles. The lowest BCUT2D eigenvalue weighted by Gasteiger charge is -2.36. The van der Waals surface area contributed by atoms with Crippen molar-refractivity contribution in [3.63, 3.8) is 0 Å². The van der Waals surface area contributed by atoms with Crippen molar-refractivity contribution in [1.82, 2.24) is 4.90 Å². The lowest BCUT2D eigenvalue weighted by Crippen LogP contribution is -2.51. The van der Waals surface area contributed by atoms with E-state index >= 15 is 0 Å². The number of ether oxygens (including phenoxy) is 1. The quantitative estimate of drug-likeness (QED) is 0.704. The Morgan fingerprint density at radius 3 is 2.67 bits per heavy atom. The molecular formula is C10H10F3NO. The Balaban J connectivity index is 2.03. The molecule has 1 aliphatic heterocycles. The fourth-order valence-electron chi connectivity index (χ4n) is 1.30. The molecule has 1 saturated heterocycles. The van der Waals surface area contributed by atoms with Crippen molar-refractivity contribution in [2.24, 2.45) is 0 Å². The van der Waals surface area contributed by atoms with Gasteiger partial charge in [0.15, 0.2) is 17.4 Å². The van der Waals surface area contributed by atoms with E-state index in [4.69, 9.17) is 8.85 Å². The van der Waals surface area contributed by atoms with Crippen molar-refractivity contribution in [2.45, 2.75) is 6.10 Å². The normalized spacial score (nSPS) is 21.4. The zero-order chi connectivity index (χ0) is 13.5. The van der Waals surface area contributed by atoms with Crippen LogP contribution in [-0.4, -0.2) is 31.1 Å². The number of rotatable bonds is 2. The highest BCUT2D eigenvalue weighted by molar-refractivity contribution is 5.27. The molecule has 15 heavy (non-hydrogen) atoms. The van der Waals surface area contributed by atoms with Crippen LogP contribution in [0.3, 0.4) is 0 Å². The van der Waals surface area contributed by atoms with Gasteiger partial charge < -0.3 is 4.74 Å². The molecule has 1 aromatic rings. The average Bonchev–Trinajstić information content (AvgIpc) is 2.19. The fourth-order valence-corrected chi connectivity index (χ4v) is 1.30. The fraction of sp³-hybridized carbons (Fsp3) is 0.400. The maximum atomic E-state index is 13.2. The molecule has 2 nitrogen and oxygen atoms in total. The van der Waals surface area contributed by atoms with Gasteiger partial charge in [-0.1, -0.05) is 0 Å². The van der Waals surface area contributed by atoms with E-state index in [0.717, 1.165) is 11.0 Å². The summed E-state index contributed by atoms with van der Waals surface area (Å²) >= 11 is 0. The minimum atomic E-state index is -2.25. The second kappa shape index (κ2) is 3.73. The molecule has 0 N–H and O–H groups in total. The summed E-state index contributed by atoms with van der Waals surface area (Å²) in [5.41, 5.74) is 0. The molecule has 0 atom stereocenters. The van der Waals surface area contributed by atoms with Gasteiger partial charge in [0, 0.05) is 17.2 Å². The van der Waals surface area contributed by atoms with Gasteiger partial charge in [-0.2, -0.15) is 4.39 Å². The molecule has 5 heteroatoms. The third kappa shape index (κ3) is 1.92. The topological polar surface area (TPSA) is 12.5 Å². The molecule has 0 amide bonds. The van der Waals surface area contributed by atoms with E-state index in [0.29, 0.717) is 6.07 Å². The third-order valence-corrected chi connectivity index (χ3v) is 2.13. The van der Waals surface area contributed by atoms with Crippen LogP contribution in [0.1, 0.15) is 4.11 Å². The zero-order valence-corrected chi connectivity index (χ0v) is 7.64. The SMILES string of the molecule is [2H]C([2H])([2H])N1CC(Oc2c(F)ccc(F)c2F)C1. The maximum absolute atomic E-state index is 13.2. The van der Waals surface area contributed by atoms with Gasteiger partial charge in [0.05, 0.1) is 0 Å². The Labute approximate surface area is 89.5 Å². The van der Waals surface area contributed by atoms with E-state index in [1.165, 1.54) is 0 Å². The van der Waals surface area contributed by atoms with Crippen LogP contribution in [0.4, 0.5) is 13.2 Å². The monoisotopic (exact) mass is 220 g/mol. The number of likely N-dealkylation sites (tertiary alicyclic amines) is 1. The van der Waals surface area contributed by atoms with Crippen LogP contribution in [0, 0.1) is 17.5 Å². The van der Waals surface area contributed by atoms with Crippen molar-refractivity contribution >= 4 is 0 Å². The van der Waals surface area contributed by atoms with Crippen molar-refractivity contribution in [3.8, 4) is 5.75 Å². The van der Waals surface area contributed by atoms with Gasteiger partial charge in [-0.25, -0.2) is 8.78 Å². The lowest BCUT2D eigenvalue weighted by molar-refractivity contribution is 0.0326. The first-order valence-corrected chi connectivity index (χ1v) is 4.34. The minimum Gasteiger partial charge on any atom is -0.482 e. The lowest BCUT2D eigenvalue weighted by atomic mass is 10.2. The summed E-state index contributed by atoms with van der Waals surface area (Å²) in [5, 5.41) is 0. The molecule has 1 aromatic carbocycles. The summed E-state index contributed by atoms with van der Waals surface area (Å²) in [6.07, 6.45) is -0.656. The second-order valence-electron chi connectivity index (χ2n) is 3.32. The molecule has 0 saturated carbocycles. The van der Waals surface area contributed by atoms with Gasteiger partial charge in [-0.3, -0.25) is 4.90 Å². The van der Waals surface area contributed by atoms with E-state index in [2.05, 4.69) is 0 Å². The van der Waals surface area contributed by atoms with Crippen LogP contribution in [0.15, 0.2) is 12.1 Å². The third-order valence-electron chi connectivity index (χ3n) is 2.13. The van der Waals surface area contributed by atoms with Gasteiger partial charge in [0.1, 0.15) is 6.10 Å². The van der Waals surface area contributed by atoms with E-state index in [1.807, 2.05) is 0 Å². The molecule has 1 fully saturated rings. The van der Waals surface area contributed by atoms with Crippen LogP contribution >= 0.6 is 0 Å². The van der Waals surface area contributed by atoms with Gasteiger partial charge >= 0.3 is 0 Å². The van der Waals surface area contributed by atoms with Crippen molar-refractivity contribution in [3.05, 3.63) is 29.6 Å². The largest absolute Gasteiger partial charge is 0.482 e. The molecule has 0 spiro atoms. The van der Waals surface area contributed by atoms with Crippen molar-refractivity contribution < 1.29 is 22.0 Å². The van der Waals surface area contributed by atoms with Crippen LogP contribution in [0.2, 0.25) is 0 Å². The smallest absolute Gasteiger partial charge is 0.203 e. The predicted molar refractivity (Wildman–Crippen MR) is 48.2 cm³/mol. The number of likely N-dealkylation sites (N-methyl/N-ethyl adjacent to an activating group) is 1. The molecule has 0 unspecified atom stereocenters. The van der Waals surface area contributed by atoms with Crippen LogP contribution in [0.5, 0.6) is 5.75 Å².